The first-order valence-electron chi connectivity index (χ1n) is 5.85. The van der Waals surface area contributed by atoms with Crippen molar-refractivity contribution in [2.24, 2.45) is 0 Å². The molecule has 0 bridgehead atoms. The zero-order valence-corrected chi connectivity index (χ0v) is 12.0. The van der Waals surface area contributed by atoms with E-state index < -0.39 is 0 Å². The van der Waals surface area contributed by atoms with Crippen LogP contribution in [0.3, 0.4) is 0 Å². The van der Waals surface area contributed by atoms with E-state index in [-0.39, 0.29) is 11.9 Å². The number of halogens is 1. The van der Waals surface area contributed by atoms with Crippen LogP contribution in [0.15, 0.2) is 18.3 Å². The Hall–Kier alpha value is -0.850. The minimum Gasteiger partial charge on any atom is -0.354 e. The average Bonchev–Trinajstić information content (AvgIpc) is 2.78. The van der Waals surface area contributed by atoms with Crippen LogP contribution in [-0.2, 0) is 4.79 Å². The van der Waals surface area contributed by atoms with Crippen molar-refractivity contribution < 1.29 is 4.79 Å². The summed E-state index contributed by atoms with van der Waals surface area (Å²) in [5.41, 5.74) is 0. The number of carbonyl (C=O) groups is 1. The van der Waals surface area contributed by atoms with Crippen LogP contribution < -0.4 is 10.2 Å². The molecule has 17 heavy (non-hydrogen) atoms. The maximum absolute atomic E-state index is 11.3. The van der Waals surface area contributed by atoms with Gasteiger partial charge in [-0.05, 0) is 41.1 Å². The van der Waals surface area contributed by atoms with Gasteiger partial charge < -0.3 is 10.2 Å². The van der Waals surface area contributed by atoms with Crippen LogP contribution in [-0.4, -0.2) is 30.0 Å². The van der Waals surface area contributed by atoms with Crippen molar-refractivity contribution in [3.63, 3.8) is 0 Å². The predicted molar refractivity (Wildman–Crippen MR) is 76.0 cm³/mol. The lowest BCUT2D eigenvalue weighted by atomic mass is 10.2. The molecule has 1 aromatic heterocycles. The molecule has 92 valence electrons. The number of hydrogen-bond donors (Lipinski definition) is 1. The lowest BCUT2D eigenvalue weighted by molar-refractivity contribution is -0.121. The fourth-order valence-electron chi connectivity index (χ4n) is 1.97. The van der Waals surface area contributed by atoms with Gasteiger partial charge in [0.1, 0.15) is 5.82 Å². The fraction of sp³-hybridized carbons (Fsp3) is 0.500. The Bertz CT molecular complexity index is 393. The fourth-order valence-corrected chi connectivity index (χ4v) is 2.29. The number of hydrogen-bond acceptors (Lipinski definition) is 3. The number of aromatic nitrogens is 1. The minimum atomic E-state index is 0.132. The van der Waals surface area contributed by atoms with Crippen molar-refractivity contribution in [3.8, 4) is 0 Å². The number of nitrogens with zero attached hydrogens (tertiary/aromatic N) is 2. The summed E-state index contributed by atoms with van der Waals surface area (Å²) in [6, 6.07) is 4.36. The SMILES string of the molecule is CCC(=O)NC1CCN(c2ccc(I)cn2)C1. The highest BCUT2D eigenvalue weighted by molar-refractivity contribution is 14.1. The Balaban J connectivity index is 1.93. The summed E-state index contributed by atoms with van der Waals surface area (Å²) in [5, 5.41) is 3.03. The van der Waals surface area contributed by atoms with Crippen LogP contribution in [0.1, 0.15) is 19.8 Å². The average molecular weight is 345 g/mol. The van der Waals surface area contributed by atoms with E-state index in [0.717, 1.165) is 28.9 Å². The molecule has 2 rings (SSSR count). The number of carbonyl (C=O) groups excluding carboxylic acids is 1. The van der Waals surface area contributed by atoms with Crippen molar-refractivity contribution in [1.29, 1.82) is 0 Å². The van der Waals surface area contributed by atoms with E-state index >= 15 is 0 Å². The maximum atomic E-state index is 11.3. The molecule has 1 amide bonds. The quantitative estimate of drug-likeness (QED) is 0.850. The van der Waals surface area contributed by atoms with Crippen molar-refractivity contribution in [1.82, 2.24) is 10.3 Å². The smallest absolute Gasteiger partial charge is 0.219 e. The highest BCUT2D eigenvalue weighted by atomic mass is 127. The first-order valence-corrected chi connectivity index (χ1v) is 6.92. The number of rotatable bonds is 3. The van der Waals surface area contributed by atoms with Crippen molar-refractivity contribution >= 4 is 34.3 Å². The largest absolute Gasteiger partial charge is 0.354 e. The molecule has 1 saturated heterocycles. The molecule has 1 aliphatic rings. The van der Waals surface area contributed by atoms with Crippen LogP contribution in [0.2, 0.25) is 0 Å². The Morgan fingerprint density at radius 3 is 3.12 bits per heavy atom. The first-order chi connectivity index (χ1) is 8.19. The zero-order chi connectivity index (χ0) is 12.3. The summed E-state index contributed by atoms with van der Waals surface area (Å²) < 4.78 is 1.14. The summed E-state index contributed by atoms with van der Waals surface area (Å²) in [6.07, 6.45) is 3.42. The van der Waals surface area contributed by atoms with E-state index in [1.807, 2.05) is 19.2 Å². The molecule has 1 fully saturated rings. The monoisotopic (exact) mass is 345 g/mol. The number of anilines is 1. The van der Waals surface area contributed by atoms with Crippen molar-refractivity contribution in [2.75, 3.05) is 18.0 Å². The zero-order valence-electron chi connectivity index (χ0n) is 9.82. The van der Waals surface area contributed by atoms with Crippen molar-refractivity contribution in [2.45, 2.75) is 25.8 Å². The number of nitrogens with one attached hydrogen (secondary N) is 1. The molecular formula is C12H16IN3O. The third-order valence-corrected chi connectivity index (χ3v) is 3.55. The lowest BCUT2D eigenvalue weighted by Crippen LogP contribution is -2.36. The molecule has 0 aromatic carbocycles. The Kier molecular flexibility index (Phi) is 4.20. The van der Waals surface area contributed by atoms with Gasteiger partial charge in [-0.25, -0.2) is 4.98 Å². The van der Waals surface area contributed by atoms with E-state index in [1.165, 1.54) is 0 Å². The van der Waals surface area contributed by atoms with E-state index in [2.05, 4.69) is 43.9 Å². The summed E-state index contributed by atoms with van der Waals surface area (Å²) in [5.74, 6) is 1.13. The minimum absolute atomic E-state index is 0.132. The van der Waals surface area contributed by atoms with Gasteiger partial charge >= 0.3 is 0 Å². The van der Waals surface area contributed by atoms with E-state index in [4.69, 9.17) is 0 Å². The van der Waals surface area contributed by atoms with E-state index in [9.17, 15) is 4.79 Å². The van der Waals surface area contributed by atoms with Gasteiger partial charge in [0.15, 0.2) is 0 Å². The second-order valence-electron chi connectivity index (χ2n) is 4.19. The number of amides is 1. The molecule has 2 heterocycles. The molecule has 1 atom stereocenters. The Morgan fingerprint density at radius 1 is 1.65 bits per heavy atom. The molecule has 1 aliphatic heterocycles. The van der Waals surface area contributed by atoms with Gasteiger partial charge in [-0.2, -0.15) is 0 Å². The van der Waals surface area contributed by atoms with Crippen LogP contribution in [0.4, 0.5) is 5.82 Å². The van der Waals surface area contributed by atoms with E-state index in [1.54, 1.807) is 0 Å². The molecule has 0 radical (unpaired) electrons. The molecule has 0 spiro atoms. The second kappa shape index (κ2) is 5.66. The molecule has 0 aliphatic carbocycles. The van der Waals surface area contributed by atoms with Gasteiger partial charge in [0, 0.05) is 35.3 Å². The highest BCUT2D eigenvalue weighted by Crippen LogP contribution is 2.18. The van der Waals surface area contributed by atoms with Gasteiger partial charge in [0.25, 0.3) is 0 Å². The third-order valence-electron chi connectivity index (χ3n) is 2.91. The Labute approximate surface area is 115 Å². The van der Waals surface area contributed by atoms with Gasteiger partial charge in [-0.1, -0.05) is 6.92 Å². The summed E-state index contributed by atoms with van der Waals surface area (Å²) in [4.78, 5) is 17.9. The van der Waals surface area contributed by atoms with Gasteiger partial charge in [0.2, 0.25) is 5.91 Å². The molecule has 1 unspecified atom stereocenters. The summed E-state index contributed by atoms with van der Waals surface area (Å²) in [7, 11) is 0. The third kappa shape index (κ3) is 3.31. The van der Waals surface area contributed by atoms with E-state index in [0.29, 0.717) is 6.42 Å². The van der Waals surface area contributed by atoms with Gasteiger partial charge in [-0.3, -0.25) is 4.79 Å². The molecular weight excluding hydrogens is 329 g/mol. The van der Waals surface area contributed by atoms with Gasteiger partial charge in [0.05, 0.1) is 0 Å². The normalized spacial score (nSPS) is 19.4. The standard InChI is InChI=1S/C12H16IN3O/c1-2-12(17)15-10-5-6-16(8-10)11-4-3-9(13)7-14-11/h3-4,7,10H,2,5-6,8H2,1H3,(H,15,17). The summed E-state index contributed by atoms with van der Waals surface area (Å²) >= 11 is 2.25. The molecule has 1 aromatic rings. The van der Waals surface area contributed by atoms with Crippen LogP contribution in [0.25, 0.3) is 0 Å². The maximum Gasteiger partial charge on any atom is 0.219 e. The first kappa shape index (κ1) is 12.6. The second-order valence-corrected chi connectivity index (χ2v) is 5.43. The predicted octanol–water partition coefficient (Wildman–Crippen LogP) is 1.79. The number of pyridine rings is 1. The highest BCUT2D eigenvalue weighted by Gasteiger charge is 2.24. The van der Waals surface area contributed by atoms with Crippen LogP contribution >= 0.6 is 22.6 Å². The molecule has 0 saturated carbocycles. The Morgan fingerprint density at radius 2 is 2.47 bits per heavy atom. The van der Waals surface area contributed by atoms with Crippen LogP contribution in [0.5, 0.6) is 0 Å². The molecule has 4 nitrogen and oxygen atoms in total. The lowest BCUT2D eigenvalue weighted by Gasteiger charge is -2.17. The van der Waals surface area contributed by atoms with Crippen molar-refractivity contribution in [3.05, 3.63) is 21.9 Å². The van der Waals surface area contributed by atoms with Gasteiger partial charge in [-0.15, -0.1) is 0 Å². The summed E-state index contributed by atoms with van der Waals surface area (Å²) in [6.45, 7) is 3.70. The van der Waals surface area contributed by atoms with Crippen LogP contribution in [0, 0.1) is 3.57 Å². The molecule has 1 N–H and O–H groups in total. The topological polar surface area (TPSA) is 45.2 Å². The molecule has 5 heteroatoms.